The van der Waals surface area contributed by atoms with E-state index in [0.717, 1.165) is 0 Å². The summed E-state index contributed by atoms with van der Waals surface area (Å²) in [5.41, 5.74) is -3.51. The molecule has 0 aromatic carbocycles. The van der Waals surface area contributed by atoms with Crippen molar-refractivity contribution in [2.45, 2.75) is 17.9 Å². The van der Waals surface area contributed by atoms with Crippen LogP contribution in [0.2, 0.25) is 0 Å². The summed E-state index contributed by atoms with van der Waals surface area (Å²) in [7, 11) is 0. The SMILES string of the molecule is O=C(O)c1cc(CBr)c(C(F)(F)F)c(OC(F)(F)F)n1. The molecule has 0 saturated carbocycles. The Balaban J connectivity index is 3.57. The minimum Gasteiger partial charge on any atom is -0.477 e. The van der Waals surface area contributed by atoms with Crippen LogP contribution in [0.4, 0.5) is 26.3 Å². The van der Waals surface area contributed by atoms with Crippen LogP contribution in [-0.4, -0.2) is 22.4 Å². The van der Waals surface area contributed by atoms with Gasteiger partial charge >= 0.3 is 18.5 Å². The third kappa shape index (κ3) is 3.99. The zero-order valence-corrected chi connectivity index (χ0v) is 10.7. The highest BCUT2D eigenvalue weighted by Gasteiger charge is 2.42. The monoisotopic (exact) mass is 367 g/mol. The molecule has 20 heavy (non-hydrogen) atoms. The summed E-state index contributed by atoms with van der Waals surface area (Å²) < 4.78 is 77.7. The van der Waals surface area contributed by atoms with Crippen molar-refractivity contribution in [2.24, 2.45) is 0 Å². The van der Waals surface area contributed by atoms with Gasteiger partial charge in [0.1, 0.15) is 5.56 Å². The Morgan fingerprint density at radius 1 is 1.30 bits per heavy atom. The molecule has 112 valence electrons. The number of hydrogen-bond donors (Lipinski definition) is 1. The van der Waals surface area contributed by atoms with E-state index in [-0.39, 0.29) is 0 Å². The Bertz CT molecular complexity index is 528. The number of rotatable bonds is 3. The fourth-order valence-corrected chi connectivity index (χ4v) is 1.72. The summed E-state index contributed by atoms with van der Waals surface area (Å²) in [6.45, 7) is 0. The standard InChI is InChI=1S/C9H4BrF6NO3/c10-2-3-1-4(7(18)19)17-6(20-9(14,15)16)5(3)8(11,12)13/h1H,2H2,(H,18,19). The van der Waals surface area contributed by atoms with Crippen molar-refractivity contribution in [1.82, 2.24) is 4.98 Å². The number of carboxylic acids is 1. The van der Waals surface area contributed by atoms with Crippen LogP contribution in [0.1, 0.15) is 21.6 Å². The van der Waals surface area contributed by atoms with Crippen molar-refractivity contribution < 1.29 is 41.0 Å². The van der Waals surface area contributed by atoms with Crippen molar-refractivity contribution in [1.29, 1.82) is 0 Å². The molecule has 0 unspecified atom stereocenters. The normalized spacial score (nSPS) is 12.3. The molecule has 0 spiro atoms. The second kappa shape index (κ2) is 5.46. The lowest BCUT2D eigenvalue weighted by atomic mass is 10.1. The van der Waals surface area contributed by atoms with Crippen molar-refractivity contribution in [3.05, 3.63) is 22.9 Å². The van der Waals surface area contributed by atoms with E-state index in [1.54, 1.807) is 0 Å². The molecular weight excluding hydrogens is 364 g/mol. The fourth-order valence-electron chi connectivity index (χ4n) is 1.27. The van der Waals surface area contributed by atoms with Gasteiger partial charge in [-0.1, -0.05) is 15.9 Å². The zero-order chi connectivity index (χ0) is 15.7. The molecule has 0 aliphatic heterocycles. The van der Waals surface area contributed by atoms with Crippen LogP contribution in [0.15, 0.2) is 6.07 Å². The molecule has 0 saturated heterocycles. The lowest BCUT2D eigenvalue weighted by Gasteiger charge is -2.17. The van der Waals surface area contributed by atoms with Gasteiger partial charge in [0.25, 0.3) is 0 Å². The van der Waals surface area contributed by atoms with Crippen LogP contribution in [0.5, 0.6) is 5.88 Å². The first-order valence-electron chi connectivity index (χ1n) is 4.62. The maximum Gasteiger partial charge on any atom is 0.574 e. The predicted molar refractivity (Wildman–Crippen MR) is 55.5 cm³/mol. The van der Waals surface area contributed by atoms with Crippen molar-refractivity contribution in [3.8, 4) is 5.88 Å². The zero-order valence-electron chi connectivity index (χ0n) is 9.14. The summed E-state index contributed by atoms with van der Waals surface area (Å²) in [4.78, 5) is 13.4. The highest BCUT2D eigenvalue weighted by molar-refractivity contribution is 9.08. The molecule has 0 radical (unpaired) electrons. The molecule has 1 heterocycles. The molecule has 1 rings (SSSR count). The van der Waals surface area contributed by atoms with Gasteiger partial charge in [-0.15, -0.1) is 13.2 Å². The molecule has 0 aliphatic rings. The van der Waals surface area contributed by atoms with E-state index in [2.05, 4.69) is 25.7 Å². The number of nitrogens with zero attached hydrogens (tertiary/aromatic N) is 1. The largest absolute Gasteiger partial charge is 0.574 e. The van der Waals surface area contributed by atoms with Crippen LogP contribution in [0.3, 0.4) is 0 Å². The summed E-state index contributed by atoms with van der Waals surface area (Å²) in [5.74, 6) is -3.63. The van der Waals surface area contributed by atoms with Crippen LogP contribution < -0.4 is 4.74 Å². The molecule has 1 aromatic rings. The molecule has 0 amide bonds. The molecule has 0 fully saturated rings. The second-order valence-electron chi connectivity index (χ2n) is 3.33. The van der Waals surface area contributed by atoms with E-state index in [4.69, 9.17) is 5.11 Å². The third-order valence-electron chi connectivity index (χ3n) is 1.93. The Hall–Kier alpha value is -1.52. The second-order valence-corrected chi connectivity index (χ2v) is 3.89. The van der Waals surface area contributed by atoms with Gasteiger partial charge in [-0.25, -0.2) is 9.78 Å². The lowest BCUT2D eigenvalue weighted by Crippen LogP contribution is -2.23. The minimum atomic E-state index is -5.44. The van der Waals surface area contributed by atoms with Gasteiger partial charge in [-0.05, 0) is 11.6 Å². The molecule has 1 N–H and O–H groups in total. The molecule has 0 atom stereocenters. The number of carbonyl (C=O) groups is 1. The van der Waals surface area contributed by atoms with Crippen LogP contribution in [0, 0.1) is 0 Å². The van der Waals surface area contributed by atoms with Gasteiger partial charge in [-0.2, -0.15) is 13.2 Å². The van der Waals surface area contributed by atoms with E-state index in [9.17, 15) is 31.1 Å². The van der Waals surface area contributed by atoms with Gasteiger partial charge < -0.3 is 9.84 Å². The first-order chi connectivity index (χ1) is 8.95. The molecule has 0 bridgehead atoms. The number of carboxylic acid groups (broad SMARTS) is 1. The van der Waals surface area contributed by atoms with E-state index in [1.807, 2.05) is 0 Å². The number of alkyl halides is 7. The minimum absolute atomic E-state index is 0.517. The highest BCUT2D eigenvalue weighted by Crippen LogP contribution is 2.40. The van der Waals surface area contributed by atoms with E-state index in [0.29, 0.717) is 6.07 Å². The van der Waals surface area contributed by atoms with Gasteiger partial charge in [0.15, 0.2) is 5.69 Å². The average molecular weight is 368 g/mol. The van der Waals surface area contributed by atoms with E-state index >= 15 is 0 Å². The van der Waals surface area contributed by atoms with Crippen LogP contribution in [-0.2, 0) is 11.5 Å². The molecule has 4 nitrogen and oxygen atoms in total. The van der Waals surface area contributed by atoms with Crippen molar-refractivity contribution in [3.63, 3.8) is 0 Å². The van der Waals surface area contributed by atoms with Crippen LogP contribution in [0.25, 0.3) is 0 Å². The lowest BCUT2D eigenvalue weighted by molar-refractivity contribution is -0.278. The van der Waals surface area contributed by atoms with E-state index in [1.165, 1.54) is 0 Å². The topological polar surface area (TPSA) is 59.4 Å². The summed E-state index contributed by atoms with van der Waals surface area (Å²) in [5, 5.41) is 8.10. The highest BCUT2D eigenvalue weighted by atomic mass is 79.9. The first-order valence-corrected chi connectivity index (χ1v) is 5.74. The van der Waals surface area contributed by atoms with E-state index < -0.39 is 46.5 Å². The van der Waals surface area contributed by atoms with Gasteiger partial charge in [-0.3, -0.25) is 0 Å². The quantitative estimate of drug-likeness (QED) is 0.655. The van der Waals surface area contributed by atoms with Gasteiger partial charge in [0.05, 0.1) is 0 Å². The molecule has 0 aliphatic carbocycles. The number of halogens is 7. The summed E-state index contributed by atoms with van der Waals surface area (Å²) >= 11 is 2.64. The van der Waals surface area contributed by atoms with Gasteiger partial charge in [0, 0.05) is 5.33 Å². The number of ether oxygens (including phenoxy) is 1. The Labute approximate surface area is 115 Å². The maximum atomic E-state index is 12.7. The Kier molecular flexibility index (Phi) is 4.52. The first kappa shape index (κ1) is 16.5. The van der Waals surface area contributed by atoms with Crippen molar-refractivity contribution >= 4 is 21.9 Å². The summed E-state index contributed by atoms with van der Waals surface area (Å²) in [6.07, 6.45) is -10.6. The summed E-state index contributed by atoms with van der Waals surface area (Å²) in [6, 6.07) is 0.517. The fraction of sp³-hybridized carbons (Fsp3) is 0.333. The van der Waals surface area contributed by atoms with Crippen LogP contribution >= 0.6 is 15.9 Å². The number of hydrogen-bond acceptors (Lipinski definition) is 3. The average Bonchev–Trinajstić information content (AvgIpc) is 2.23. The predicted octanol–water partition coefficient (Wildman–Crippen LogP) is 3.59. The Morgan fingerprint density at radius 2 is 1.85 bits per heavy atom. The van der Waals surface area contributed by atoms with Gasteiger partial charge in [0.2, 0.25) is 5.88 Å². The number of pyridine rings is 1. The molecule has 11 heteroatoms. The Morgan fingerprint density at radius 3 is 2.20 bits per heavy atom. The number of aromatic nitrogens is 1. The molecule has 1 aromatic heterocycles. The number of aromatic carboxylic acids is 1. The van der Waals surface area contributed by atoms with Crippen molar-refractivity contribution in [2.75, 3.05) is 0 Å². The third-order valence-corrected chi connectivity index (χ3v) is 2.53. The smallest absolute Gasteiger partial charge is 0.477 e. The molecular formula is C9H4BrF6NO3. The maximum absolute atomic E-state index is 12.7.